The number of aromatic amines is 1. The van der Waals surface area contributed by atoms with Gasteiger partial charge in [0, 0.05) is 15.4 Å². The highest BCUT2D eigenvalue weighted by Crippen LogP contribution is 2.30. The molecule has 0 spiro atoms. The molecule has 0 atom stereocenters. The first-order chi connectivity index (χ1) is 11.7. The highest BCUT2D eigenvalue weighted by Gasteiger charge is 2.10. The Hall–Kier alpha value is -2.99. The van der Waals surface area contributed by atoms with Crippen LogP contribution in [-0.2, 0) is 0 Å². The van der Waals surface area contributed by atoms with Crippen molar-refractivity contribution in [2.75, 3.05) is 0 Å². The topological polar surface area (TPSA) is 70.4 Å². The molecule has 2 N–H and O–H groups in total. The molecule has 0 bridgehead atoms. The first-order valence-corrected chi connectivity index (χ1v) is 8.16. The third-order valence-electron chi connectivity index (χ3n) is 3.63. The Kier molecular flexibility index (Phi) is 3.59. The molecule has 4 aromatic rings. The predicted octanol–water partition coefficient (Wildman–Crippen LogP) is 3.55. The van der Waals surface area contributed by atoms with Crippen LogP contribution in [0.1, 0.15) is 0 Å². The third kappa shape index (κ3) is 2.68. The largest absolute Gasteiger partial charge is 0.493 e. The summed E-state index contributed by atoms with van der Waals surface area (Å²) in [4.78, 5) is 16.6. The van der Waals surface area contributed by atoms with Crippen LogP contribution in [0.4, 0.5) is 0 Å². The summed E-state index contributed by atoms with van der Waals surface area (Å²) in [6.07, 6.45) is 1.63. The van der Waals surface area contributed by atoms with Gasteiger partial charge in [0.05, 0.1) is 12.3 Å². The van der Waals surface area contributed by atoms with E-state index >= 15 is 0 Å². The normalized spacial score (nSPS) is 11.0. The fourth-order valence-corrected chi connectivity index (χ4v) is 3.35. The van der Waals surface area contributed by atoms with Crippen molar-refractivity contribution in [1.82, 2.24) is 14.6 Å². The lowest BCUT2D eigenvalue weighted by molar-refractivity contribution is 0.434. The van der Waals surface area contributed by atoms with E-state index in [-0.39, 0.29) is 11.4 Å². The Bertz CT molecular complexity index is 1050. The summed E-state index contributed by atoms with van der Waals surface area (Å²) < 4.78 is 1.31. The van der Waals surface area contributed by atoms with E-state index in [2.05, 4.69) is 22.2 Å². The molecule has 6 heteroatoms. The van der Waals surface area contributed by atoms with E-state index in [9.17, 15) is 9.90 Å². The molecular formula is C18H13N3O2S. The maximum atomic E-state index is 11.6. The Balaban J connectivity index is 1.69. The highest BCUT2D eigenvalue weighted by molar-refractivity contribution is 7.99. The molecule has 0 radical (unpaired) electrons. The van der Waals surface area contributed by atoms with Crippen LogP contribution in [0.2, 0.25) is 0 Å². The van der Waals surface area contributed by atoms with Crippen LogP contribution >= 0.6 is 11.8 Å². The summed E-state index contributed by atoms with van der Waals surface area (Å²) in [5, 5.41) is 13.9. The summed E-state index contributed by atoms with van der Waals surface area (Å²) in [5.41, 5.74) is 1.80. The van der Waals surface area contributed by atoms with Crippen molar-refractivity contribution in [2.24, 2.45) is 0 Å². The standard InChI is InChI=1S/C18H13N3O2S/c22-16-10-17(23)21-18(20-16)15(11-19-21)12-6-8-14(9-7-12)24-13-4-2-1-3-5-13/h1-11,23H,(H,20,22). The Morgan fingerprint density at radius 2 is 1.71 bits per heavy atom. The van der Waals surface area contributed by atoms with Crippen molar-refractivity contribution in [3.63, 3.8) is 0 Å². The minimum atomic E-state index is -0.363. The molecule has 0 aliphatic heterocycles. The smallest absolute Gasteiger partial charge is 0.254 e. The molecule has 2 aromatic heterocycles. The quantitative estimate of drug-likeness (QED) is 0.601. The van der Waals surface area contributed by atoms with E-state index in [0.29, 0.717) is 5.65 Å². The van der Waals surface area contributed by atoms with Gasteiger partial charge in [0.25, 0.3) is 5.56 Å². The van der Waals surface area contributed by atoms with Gasteiger partial charge in [0.1, 0.15) is 5.65 Å². The number of hydrogen-bond acceptors (Lipinski definition) is 4. The molecule has 118 valence electrons. The van der Waals surface area contributed by atoms with Crippen LogP contribution < -0.4 is 5.56 Å². The van der Waals surface area contributed by atoms with E-state index in [1.807, 2.05) is 42.5 Å². The lowest BCUT2D eigenvalue weighted by Crippen LogP contribution is -2.07. The molecule has 2 aromatic carbocycles. The monoisotopic (exact) mass is 335 g/mol. The second-order valence-electron chi connectivity index (χ2n) is 5.25. The molecule has 0 amide bonds. The van der Waals surface area contributed by atoms with Gasteiger partial charge < -0.3 is 10.1 Å². The molecule has 0 fully saturated rings. The van der Waals surface area contributed by atoms with Gasteiger partial charge in [0.15, 0.2) is 0 Å². The minimum absolute atomic E-state index is 0.184. The summed E-state index contributed by atoms with van der Waals surface area (Å²) in [5.74, 6) is -0.184. The van der Waals surface area contributed by atoms with Crippen molar-refractivity contribution in [3.8, 4) is 17.0 Å². The third-order valence-corrected chi connectivity index (χ3v) is 4.65. The van der Waals surface area contributed by atoms with E-state index < -0.39 is 0 Å². The molecule has 0 saturated heterocycles. The van der Waals surface area contributed by atoms with Gasteiger partial charge >= 0.3 is 0 Å². The van der Waals surface area contributed by atoms with Crippen molar-refractivity contribution in [3.05, 3.63) is 77.2 Å². The Labute approximate surface area is 141 Å². The molecular weight excluding hydrogens is 322 g/mol. The number of H-pyrrole nitrogens is 1. The molecule has 24 heavy (non-hydrogen) atoms. The zero-order valence-electron chi connectivity index (χ0n) is 12.5. The number of aromatic nitrogens is 3. The average molecular weight is 335 g/mol. The molecule has 0 saturated carbocycles. The van der Waals surface area contributed by atoms with Gasteiger partial charge in [-0.15, -0.1) is 0 Å². The van der Waals surface area contributed by atoms with Crippen molar-refractivity contribution < 1.29 is 5.11 Å². The molecule has 0 aliphatic carbocycles. The molecule has 5 nitrogen and oxygen atoms in total. The predicted molar refractivity (Wildman–Crippen MR) is 93.5 cm³/mol. The zero-order chi connectivity index (χ0) is 16.5. The lowest BCUT2D eigenvalue weighted by atomic mass is 10.1. The molecule has 2 heterocycles. The molecule has 0 aliphatic rings. The van der Waals surface area contributed by atoms with Crippen molar-refractivity contribution in [1.29, 1.82) is 0 Å². The fraction of sp³-hybridized carbons (Fsp3) is 0. The number of hydrogen-bond donors (Lipinski definition) is 2. The second kappa shape index (κ2) is 5.90. The number of benzene rings is 2. The van der Waals surface area contributed by atoms with Gasteiger partial charge in [0.2, 0.25) is 5.88 Å². The number of nitrogens with one attached hydrogen (secondary N) is 1. The van der Waals surface area contributed by atoms with Gasteiger partial charge in [-0.05, 0) is 29.8 Å². The molecule has 0 unspecified atom stereocenters. The van der Waals surface area contributed by atoms with Gasteiger partial charge in [-0.25, -0.2) is 0 Å². The summed E-state index contributed by atoms with van der Waals surface area (Å²) in [6.45, 7) is 0. The SMILES string of the molecule is O=c1cc(O)n2ncc(-c3ccc(Sc4ccccc4)cc3)c2[nH]1. The molecule has 4 rings (SSSR count). The fourth-order valence-electron chi connectivity index (χ4n) is 2.51. The van der Waals surface area contributed by atoms with Gasteiger partial charge in [-0.1, -0.05) is 42.1 Å². The number of aromatic hydroxyl groups is 1. The maximum absolute atomic E-state index is 11.6. The Morgan fingerprint density at radius 1 is 1.00 bits per heavy atom. The number of rotatable bonds is 3. The first kappa shape index (κ1) is 14.6. The zero-order valence-corrected chi connectivity index (χ0v) is 13.3. The second-order valence-corrected chi connectivity index (χ2v) is 6.40. The van der Waals surface area contributed by atoms with Crippen molar-refractivity contribution >= 4 is 17.4 Å². The summed E-state index contributed by atoms with van der Waals surface area (Å²) in [6, 6.07) is 19.3. The van der Waals surface area contributed by atoms with Crippen LogP contribution in [0.3, 0.4) is 0 Å². The Morgan fingerprint density at radius 3 is 2.46 bits per heavy atom. The van der Waals surface area contributed by atoms with Crippen LogP contribution in [-0.4, -0.2) is 19.7 Å². The van der Waals surface area contributed by atoms with Crippen LogP contribution in [0.5, 0.6) is 5.88 Å². The van der Waals surface area contributed by atoms with E-state index in [1.165, 1.54) is 9.41 Å². The maximum Gasteiger partial charge on any atom is 0.254 e. The first-order valence-electron chi connectivity index (χ1n) is 7.34. The summed E-state index contributed by atoms with van der Waals surface area (Å²) in [7, 11) is 0. The number of nitrogens with zero attached hydrogens (tertiary/aromatic N) is 2. The van der Waals surface area contributed by atoms with Crippen LogP contribution in [0.25, 0.3) is 16.8 Å². The van der Waals surface area contributed by atoms with Crippen LogP contribution in [0.15, 0.2) is 81.4 Å². The van der Waals surface area contributed by atoms with E-state index in [0.717, 1.165) is 22.1 Å². The van der Waals surface area contributed by atoms with Crippen LogP contribution in [0, 0.1) is 0 Å². The van der Waals surface area contributed by atoms with Gasteiger partial charge in [-0.2, -0.15) is 9.61 Å². The highest BCUT2D eigenvalue weighted by atomic mass is 32.2. The lowest BCUT2D eigenvalue weighted by Gasteiger charge is -2.04. The minimum Gasteiger partial charge on any atom is -0.493 e. The number of fused-ring (bicyclic) bond motifs is 1. The van der Waals surface area contributed by atoms with Gasteiger partial charge in [-0.3, -0.25) is 4.79 Å². The van der Waals surface area contributed by atoms with E-state index in [4.69, 9.17) is 0 Å². The average Bonchev–Trinajstić information content (AvgIpc) is 3.01. The van der Waals surface area contributed by atoms with E-state index in [1.54, 1.807) is 18.0 Å². The van der Waals surface area contributed by atoms with Crippen molar-refractivity contribution in [2.45, 2.75) is 9.79 Å². The summed E-state index contributed by atoms with van der Waals surface area (Å²) >= 11 is 1.68.